The van der Waals surface area contributed by atoms with E-state index < -0.39 is 16.0 Å². The van der Waals surface area contributed by atoms with Gasteiger partial charge in [-0.1, -0.05) is 37.6 Å². The number of carbonyl (C=O) groups is 1. The molecule has 0 bridgehead atoms. The first-order valence-electron chi connectivity index (χ1n) is 7.27. The molecule has 0 saturated carbocycles. The fourth-order valence-corrected chi connectivity index (χ4v) is 3.59. The minimum atomic E-state index is -3.87. The second-order valence-corrected chi connectivity index (χ2v) is 6.97. The van der Waals surface area contributed by atoms with E-state index in [0.717, 1.165) is 24.5 Å². The van der Waals surface area contributed by atoms with E-state index in [9.17, 15) is 18.3 Å². The zero-order valence-electron chi connectivity index (χ0n) is 13.0. The molecule has 1 N–H and O–H groups in total. The highest BCUT2D eigenvalue weighted by Crippen LogP contribution is 2.21. The lowest BCUT2D eigenvalue weighted by Gasteiger charge is -2.13. The molecule has 2 rings (SSSR count). The second kappa shape index (κ2) is 6.83. The standard InChI is InChI=1S/C17H19NO4S/c1-3-4-13-6-9-15(10-7-13)18-23(21,22)16-11-14(17(19)20)8-5-12(16)2/h5-11,18H,3-4H2,1-2H3,(H,19,20)/p-1. The normalized spacial score (nSPS) is 11.2. The maximum Gasteiger partial charge on any atom is 0.262 e. The zero-order valence-corrected chi connectivity index (χ0v) is 13.8. The number of aryl methyl sites for hydroxylation is 2. The number of aromatic carboxylic acids is 1. The van der Waals surface area contributed by atoms with Crippen LogP contribution in [0.25, 0.3) is 0 Å². The van der Waals surface area contributed by atoms with Gasteiger partial charge >= 0.3 is 0 Å². The molecule has 6 heteroatoms. The maximum atomic E-state index is 12.5. The summed E-state index contributed by atoms with van der Waals surface area (Å²) < 4.78 is 27.4. The van der Waals surface area contributed by atoms with E-state index >= 15 is 0 Å². The Bertz CT molecular complexity index is 811. The number of rotatable bonds is 6. The average Bonchev–Trinajstić information content (AvgIpc) is 2.49. The number of sulfonamides is 1. The van der Waals surface area contributed by atoms with Gasteiger partial charge in [0, 0.05) is 5.69 Å². The molecule has 0 amide bonds. The van der Waals surface area contributed by atoms with E-state index in [1.165, 1.54) is 12.1 Å². The molecule has 0 aromatic heterocycles. The van der Waals surface area contributed by atoms with Gasteiger partial charge in [-0.2, -0.15) is 0 Å². The number of carboxylic acids is 1. The molecule has 5 nitrogen and oxygen atoms in total. The summed E-state index contributed by atoms with van der Waals surface area (Å²) in [4.78, 5) is 10.9. The summed E-state index contributed by atoms with van der Waals surface area (Å²) in [7, 11) is -3.87. The van der Waals surface area contributed by atoms with Crippen molar-refractivity contribution in [2.45, 2.75) is 31.6 Å². The van der Waals surface area contributed by atoms with Crippen LogP contribution in [-0.4, -0.2) is 14.4 Å². The van der Waals surface area contributed by atoms with Crippen LogP contribution in [0.3, 0.4) is 0 Å². The first-order chi connectivity index (χ1) is 10.8. The maximum absolute atomic E-state index is 12.5. The van der Waals surface area contributed by atoms with Crippen LogP contribution in [0.4, 0.5) is 5.69 Å². The quantitative estimate of drug-likeness (QED) is 0.878. The van der Waals surface area contributed by atoms with E-state index in [0.29, 0.717) is 11.3 Å². The summed E-state index contributed by atoms with van der Waals surface area (Å²) in [6.45, 7) is 3.68. The predicted molar refractivity (Wildman–Crippen MR) is 86.8 cm³/mol. The summed E-state index contributed by atoms with van der Waals surface area (Å²) in [5.74, 6) is -1.41. The summed E-state index contributed by atoms with van der Waals surface area (Å²) in [5.41, 5.74) is 1.85. The van der Waals surface area contributed by atoms with Crippen molar-refractivity contribution in [1.82, 2.24) is 0 Å². The van der Waals surface area contributed by atoms with Gasteiger partial charge in [-0.3, -0.25) is 4.72 Å². The minimum absolute atomic E-state index is 0.0724. The minimum Gasteiger partial charge on any atom is -0.545 e. The van der Waals surface area contributed by atoms with Crippen molar-refractivity contribution in [3.63, 3.8) is 0 Å². The molecule has 0 unspecified atom stereocenters. The number of nitrogens with one attached hydrogen (secondary N) is 1. The molecular formula is C17H18NO4S-. The molecule has 0 heterocycles. The third-order valence-electron chi connectivity index (χ3n) is 3.46. The fraction of sp³-hybridized carbons (Fsp3) is 0.235. The summed E-state index contributed by atoms with van der Waals surface area (Å²) in [6.07, 6.45) is 1.94. The van der Waals surface area contributed by atoms with Gasteiger partial charge in [0.15, 0.2) is 0 Å². The van der Waals surface area contributed by atoms with E-state index in [1.54, 1.807) is 19.1 Å². The Hall–Kier alpha value is -2.34. The second-order valence-electron chi connectivity index (χ2n) is 5.32. The van der Waals surface area contributed by atoms with Gasteiger partial charge in [0.25, 0.3) is 10.0 Å². The number of carboxylic acid groups (broad SMARTS) is 1. The van der Waals surface area contributed by atoms with E-state index in [1.807, 2.05) is 12.1 Å². The van der Waals surface area contributed by atoms with Gasteiger partial charge in [-0.25, -0.2) is 8.42 Å². The lowest BCUT2D eigenvalue weighted by molar-refractivity contribution is -0.255. The Kier molecular flexibility index (Phi) is 5.05. The van der Waals surface area contributed by atoms with Crippen LogP contribution in [0.5, 0.6) is 0 Å². The van der Waals surface area contributed by atoms with Gasteiger partial charge in [0.1, 0.15) is 0 Å². The van der Waals surface area contributed by atoms with Crippen molar-refractivity contribution in [2.24, 2.45) is 0 Å². The highest BCUT2D eigenvalue weighted by molar-refractivity contribution is 7.92. The molecule has 0 atom stereocenters. The smallest absolute Gasteiger partial charge is 0.262 e. The van der Waals surface area contributed by atoms with Crippen LogP contribution in [0, 0.1) is 6.92 Å². The molecule has 0 aliphatic heterocycles. The lowest BCUT2D eigenvalue weighted by atomic mass is 10.1. The topological polar surface area (TPSA) is 86.3 Å². The lowest BCUT2D eigenvalue weighted by Crippen LogP contribution is -2.23. The Morgan fingerprint density at radius 3 is 2.35 bits per heavy atom. The number of anilines is 1. The zero-order chi connectivity index (χ0) is 17.0. The number of hydrogen-bond donors (Lipinski definition) is 1. The predicted octanol–water partition coefficient (Wildman–Crippen LogP) is 2.11. The molecule has 0 aliphatic carbocycles. The van der Waals surface area contributed by atoms with Crippen molar-refractivity contribution >= 4 is 21.7 Å². The largest absolute Gasteiger partial charge is 0.545 e. The van der Waals surface area contributed by atoms with Gasteiger partial charge in [-0.15, -0.1) is 0 Å². The molecule has 122 valence electrons. The summed E-state index contributed by atoms with van der Waals surface area (Å²) in [6, 6.07) is 11.0. The van der Waals surface area contributed by atoms with Crippen LogP contribution in [0.2, 0.25) is 0 Å². The van der Waals surface area contributed by atoms with E-state index in [2.05, 4.69) is 11.6 Å². The first-order valence-corrected chi connectivity index (χ1v) is 8.75. The number of benzene rings is 2. The van der Waals surface area contributed by atoms with E-state index in [4.69, 9.17) is 0 Å². The van der Waals surface area contributed by atoms with Gasteiger partial charge < -0.3 is 9.90 Å². The third-order valence-corrected chi connectivity index (χ3v) is 4.98. The van der Waals surface area contributed by atoms with Crippen LogP contribution in [0.15, 0.2) is 47.4 Å². The monoisotopic (exact) mass is 332 g/mol. The Morgan fingerprint density at radius 2 is 1.78 bits per heavy atom. The molecule has 2 aromatic carbocycles. The highest BCUT2D eigenvalue weighted by atomic mass is 32.2. The van der Waals surface area contributed by atoms with Crippen molar-refractivity contribution in [2.75, 3.05) is 4.72 Å². The van der Waals surface area contributed by atoms with Crippen molar-refractivity contribution in [1.29, 1.82) is 0 Å². The van der Waals surface area contributed by atoms with Gasteiger partial charge in [0.05, 0.1) is 10.9 Å². The summed E-state index contributed by atoms with van der Waals surface area (Å²) in [5, 5.41) is 10.9. The van der Waals surface area contributed by atoms with Gasteiger partial charge in [0.2, 0.25) is 0 Å². The molecule has 23 heavy (non-hydrogen) atoms. The fourth-order valence-electron chi connectivity index (χ4n) is 2.25. The third kappa shape index (κ3) is 4.10. The molecule has 0 radical (unpaired) electrons. The van der Waals surface area contributed by atoms with Gasteiger partial charge in [-0.05, 0) is 48.2 Å². The molecule has 2 aromatic rings. The van der Waals surface area contributed by atoms with Crippen molar-refractivity contribution in [3.05, 3.63) is 59.2 Å². The number of hydrogen-bond acceptors (Lipinski definition) is 4. The summed E-state index contributed by atoms with van der Waals surface area (Å²) >= 11 is 0. The van der Waals surface area contributed by atoms with Crippen LogP contribution in [0.1, 0.15) is 34.8 Å². The first kappa shape index (κ1) is 17.0. The van der Waals surface area contributed by atoms with Crippen molar-refractivity contribution < 1.29 is 18.3 Å². The Labute approximate surface area is 136 Å². The molecule has 0 saturated heterocycles. The SMILES string of the molecule is CCCc1ccc(NS(=O)(=O)c2cc(C(=O)[O-])ccc2C)cc1. The molecular weight excluding hydrogens is 314 g/mol. The molecule has 0 spiro atoms. The Morgan fingerprint density at radius 1 is 1.13 bits per heavy atom. The van der Waals surface area contributed by atoms with Crippen molar-refractivity contribution in [3.8, 4) is 0 Å². The van der Waals surface area contributed by atoms with Crippen LogP contribution < -0.4 is 9.83 Å². The van der Waals surface area contributed by atoms with Crippen LogP contribution in [-0.2, 0) is 16.4 Å². The number of carbonyl (C=O) groups excluding carboxylic acids is 1. The molecule has 0 fully saturated rings. The average molecular weight is 332 g/mol. The highest BCUT2D eigenvalue weighted by Gasteiger charge is 2.17. The molecule has 0 aliphatic rings. The van der Waals surface area contributed by atoms with Crippen LogP contribution >= 0.6 is 0 Å². The Balaban J connectivity index is 2.31. The van der Waals surface area contributed by atoms with E-state index in [-0.39, 0.29) is 10.5 Å².